The van der Waals surface area contributed by atoms with Gasteiger partial charge in [0, 0.05) is 25.3 Å². The van der Waals surface area contributed by atoms with E-state index in [2.05, 4.69) is 28.5 Å². The van der Waals surface area contributed by atoms with Crippen molar-refractivity contribution in [2.24, 2.45) is 5.92 Å². The summed E-state index contributed by atoms with van der Waals surface area (Å²) in [7, 11) is 1.38. The van der Waals surface area contributed by atoms with Crippen molar-refractivity contribution in [3.8, 4) is 0 Å². The van der Waals surface area contributed by atoms with Gasteiger partial charge < -0.3 is 4.74 Å². The highest BCUT2D eigenvalue weighted by atomic mass is 16.5. The van der Waals surface area contributed by atoms with Crippen LogP contribution in [0.15, 0.2) is 18.3 Å². The first-order chi connectivity index (χ1) is 9.10. The lowest BCUT2D eigenvalue weighted by Gasteiger charge is -2.26. The standard InChI is InChI=1S/C15H22N2O2/c1-11(2)17(9-12-4-5-12)10-14-7-6-13(8-16-14)15(18)19-3/h6-8,11-12H,4-5,9-10H2,1-3H3. The fraction of sp³-hybridized carbons (Fsp3) is 0.600. The Kier molecular flexibility index (Phi) is 4.53. The van der Waals surface area contributed by atoms with Gasteiger partial charge in [0.2, 0.25) is 0 Å². The molecule has 1 aromatic rings. The number of pyridine rings is 1. The number of carbonyl (C=O) groups is 1. The van der Waals surface area contributed by atoms with Crippen LogP contribution >= 0.6 is 0 Å². The largest absolute Gasteiger partial charge is 0.465 e. The first kappa shape index (κ1) is 14.0. The number of aromatic nitrogens is 1. The molecule has 1 saturated carbocycles. The third-order valence-electron chi connectivity index (χ3n) is 3.53. The highest BCUT2D eigenvalue weighted by Crippen LogP contribution is 2.30. The molecule has 19 heavy (non-hydrogen) atoms. The molecule has 1 heterocycles. The second-order valence-corrected chi connectivity index (χ2v) is 5.50. The van der Waals surface area contributed by atoms with Crippen LogP contribution in [0.3, 0.4) is 0 Å². The molecule has 0 spiro atoms. The lowest BCUT2D eigenvalue weighted by molar-refractivity contribution is 0.0600. The molecule has 4 heteroatoms. The lowest BCUT2D eigenvalue weighted by Crippen LogP contribution is -2.32. The van der Waals surface area contributed by atoms with Crippen molar-refractivity contribution in [2.75, 3.05) is 13.7 Å². The first-order valence-electron chi connectivity index (χ1n) is 6.87. The molecule has 1 aliphatic rings. The molecule has 0 N–H and O–H groups in total. The normalized spacial score (nSPS) is 15.0. The van der Waals surface area contributed by atoms with Crippen LogP contribution in [-0.2, 0) is 11.3 Å². The summed E-state index contributed by atoms with van der Waals surface area (Å²) in [5.74, 6) is 0.537. The van der Waals surface area contributed by atoms with E-state index in [1.807, 2.05) is 6.07 Å². The minimum absolute atomic E-state index is 0.335. The number of carbonyl (C=O) groups excluding carboxylic acids is 1. The average Bonchev–Trinajstić information content (AvgIpc) is 3.22. The Morgan fingerprint density at radius 2 is 2.21 bits per heavy atom. The van der Waals surface area contributed by atoms with Gasteiger partial charge in [0.25, 0.3) is 0 Å². The molecule has 104 valence electrons. The predicted molar refractivity (Wildman–Crippen MR) is 73.8 cm³/mol. The van der Waals surface area contributed by atoms with Crippen LogP contribution in [0.1, 0.15) is 42.7 Å². The third kappa shape index (κ3) is 4.03. The molecule has 0 radical (unpaired) electrons. The Labute approximate surface area is 114 Å². The van der Waals surface area contributed by atoms with Crippen molar-refractivity contribution in [1.29, 1.82) is 0 Å². The van der Waals surface area contributed by atoms with Gasteiger partial charge in [0.15, 0.2) is 0 Å². The van der Waals surface area contributed by atoms with E-state index < -0.39 is 0 Å². The predicted octanol–water partition coefficient (Wildman–Crippen LogP) is 2.49. The Bertz CT molecular complexity index is 424. The molecule has 1 aliphatic carbocycles. The molecule has 0 bridgehead atoms. The van der Waals surface area contributed by atoms with Gasteiger partial charge >= 0.3 is 5.97 Å². The van der Waals surface area contributed by atoms with E-state index in [9.17, 15) is 4.79 Å². The molecule has 0 unspecified atom stereocenters. The summed E-state index contributed by atoms with van der Waals surface area (Å²) in [5, 5.41) is 0. The van der Waals surface area contributed by atoms with Crippen molar-refractivity contribution in [3.63, 3.8) is 0 Å². The third-order valence-corrected chi connectivity index (χ3v) is 3.53. The van der Waals surface area contributed by atoms with Crippen molar-refractivity contribution < 1.29 is 9.53 Å². The smallest absolute Gasteiger partial charge is 0.339 e. The van der Waals surface area contributed by atoms with Crippen molar-refractivity contribution in [1.82, 2.24) is 9.88 Å². The van der Waals surface area contributed by atoms with Gasteiger partial charge in [-0.15, -0.1) is 0 Å². The molecular formula is C15H22N2O2. The van der Waals surface area contributed by atoms with E-state index in [0.29, 0.717) is 11.6 Å². The zero-order chi connectivity index (χ0) is 13.8. The summed E-state index contributed by atoms with van der Waals surface area (Å²) in [6.07, 6.45) is 4.31. The summed E-state index contributed by atoms with van der Waals surface area (Å²) in [4.78, 5) is 18.1. The summed E-state index contributed by atoms with van der Waals surface area (Å²) in [6, 6.07) is 4.21. The highest BCUT2D eigenvalue weighted by Gasteiger charge is 2.25. The van der Waals surface area contributed by atoms with Crippen LogP contribution in [-0.4, -0.2) is 35.5 Å². The fourth-order valence-electron chi connectivity index (χ4n) is 2.05. The van der Waals surface area contributed by atoms with Gasteiger partial charge in [-0.2, -0.15) is 0 Å². The molecular weight excluding hydrogens is 240 g/mol. The maximum Gasteiger partial charge on any atom is 0.339 e. The number of esters is 1. The Morgan fingerprint density at radius 3 is 2.68 bits per heavy atom. The zero-order valence-corrected chi connectivity index (χ0v) is 11.9. The second-order valence-electron chi connectivity index (χ2n) is 5.50. The van der Waals surface area contributed by atoms with E-state index >= 15 is 0 Å². The van der Waals surface area contributed by atoms with E-state index in [-0.39, 0.29) is 5.97 Å². The van der Waals surface area contributed by atoms with Crippen molar-refractivity contribution >= 4 is 5.97 Å². The highest BCUT2D eigenvalue weighted by molar-refractivity contribution is 5.88. The van der Waals surface area contributed by atoms with Crippen LogP contribution < -0.4 is 0 Å². The molecule has 2 rings (SSSR count). The van der Waals surface area contributed by atoms with Crippen LogP contribution in [0.25, 0.3) is 0 Å². The zero-order valence-electron chi connectivity index (χ0n) is 11.9. The lowest BCUT2D eigenvalue weighted by atomic mass is 10.2. The molecule has 0 saturated heterocycles. The number of nitrogens with zero attached hydrogens (tertiary/aromatic N) is 2. The summed E-state index contributed by atoms with van der Waals surface area (Å²) < 4.78 is 4.67. The van der Waals surface area contributed by atoms with Gasteiger partial charge in [0.05, 0.1) is 18.4 Å². The molecule has 0 aromatic carbocycles. The quantitative estimate of drug-likeness (QED) is 0.739. The van der Waals surface area contributed by atoms with Gasteiger partial charge in [-0.25, -0.2) is 4.79 Å². The number of hydrogen-bond donors (Lipinski definition) is 0. The monoisotopic (exact) mass is 262 g/mol. The van der Waals surface area contributed by atoms with E-state index in [1.165, 1.54) is 20.0 Å². The molecule has 1 fully saturated rings. The summed E-state index contributed by atoms with van der Waals surface area (Å²) in [5.41, 5.74) is 1.51. The number of rotatable bonds is 6. The van der Waals surface area contributed by atoms with Gasteiger partial charge in [0.1, 0.15) is 0 Å². The maximum atomic E-state index is 11.3. The molecule has 0 aliphatic heterocycles. The van der Waals surface area contributed by atoms with E-state index in [4.69, 9.17) is 0 Å². The minimum atomic E-state index is -0.335. The summed E-state index contributed by atoms with van der Waals surface area (Å²) >= 11 is 0. The van der Waals surface area contributed by atoms with Gasteiger partial charge in [-0.3, -0.25) is 9.88 Å². The second kappa shape index (κ2) is 6.15. The van der Waals surface area contributed by atoms with Crippen LogP contribution in [0.5, 0.6) is 0 Å². The van der Waals surface area contributed by atoms with Gasteiger partial charge in [-0.1, -0.05) is 0 Å². The fourth-order valence-corrected chi connectivity index (χ4v) is 2.05. The number of hydrogen-bond acceptors (Lipinski definition) is 4. The Balaban J connectivity index is 1.98. The van der Waals surface area contributed by atoms with E-state index in [1.54, 1.807) is 12.3 Å². The van der Waals surface area contributed by atoms with E-state index in [0.717, 1.165) is 24.7 Å². The first-order valence-corrected chi connectivity index (χ1v) is 6.87. The number of methoxy groups -OCH3 is 1. The maximum absolute atomic E-state index is 11.3. The van der Waals surface area contributed by atoms with Gasteiger partial charge in [-0.05, 0) is 44.7 Å². The molecule has 0 atom stereocenters. The van der Waals surface area contributed by atoms with Crippen LogP contribution in [0, 0.1) is 5.92 Å². The minimum Gasteiger partial charge on any atom is -0.465 e. The SMILES string of the molecule is COC(=O)c1ccc(CN(CC2CC2)C(C)C)nc1. The van der Waals surface area contributed by atoms with Crippen molar-refractivity contribution in [2.45, 2.75) is 39.3 Å². The average molecular weight is 262 g/mol. The topological polar surface area (TPSA) is 42.4 Å². The van der Waals surface area contributed by atoms with Crippen molar-refractivity contribution in [3.05, 3.63) is 29.6 Å². The molecule has 4 nitrogen and oxygen atoms in total. The molecule has 1 aromatic heterocycles. The van der Waals surface area contributed by atoms with Crippen LogP contribution in [0.4, 0.5) is 0 Å². The Hall–Kier alpha value is -1.42. The van der Waals surface area contributed by atoms with Crippen LogP contribution in [0.2, 0.25) is 0 Å². The molecule has 0 amide bonds. The Morgan fingerprint density at radius 1 is 1.47 bits per heavy atom. The number of ether oxygens (including phenoxy) is 1. The summed E-state index contributed by atoms with van der Waals surface area (Å²) in [6.45, 7) is 6.42.